The van der Waals surface area contributed by atoms with Gasteiger partial charge in [0.1, 0.15) is 29.9 Å². The number of carbonyl (C=O) groups is 6. The summed E-state index contributed by atoms with van der Waals surface area (Å²) in [5, 5.41) is 16.4. The number of cyclic esters (lactones) is 1. The normalized spacial score (nSPS) is 21.7. The zero-order valence-electron chi connectivity index (χ0n) is 43.8. The third-order valence-electron chi connectivity index (χ3n) is 15.2. The Morgan fingerprint density at radius 1 is 0.772 bits per heavy atom. The first-order chi connectivity index (χ1) is 38.5. The molecule has 0 radical (unpaired) electrons. The minimum absolute atomic E-state index is 0.103. The van der Waals surface area contributed by atoms with Gasteiger partial charge in [0.2, 0.25) is 11.8 Å². The molecule has 3 N–H and O–H groups in total. The predicted octanol–water partition coefficient (Wildman–Crippen LogP) is 7.37. The van der Waals surface area contributed by atoms with Gasteiger partial charge < -0.3 is 44.3 Å². The van der Waals surface area contributed by atoms with Crippen molar-refractivity contribution in [2.75, 3.05) is 68.9 Å². The zero-order chi connectivity index (χ0) is 55.2. The molecule has 17 heteroatoms. The molecule has 17 nitrogen and oxygen atoms in total. The van der Waals surface area contributed by atoms with Crippen molar-refractivity contribution in [1.82, 2.24) is 10.2 Å². The minimum atomic E-state index is -2.22. The molecule has 10 rings (SSSR count). The number of anilines is 3. The van der Waals surface area contributed by atoms with Crippen LogP contribution < -0.4 is 25.2 Å². The lowest BCUT2D eigenvalue weighted by Gasteiger charge is -2.46. The summed E-state index contributed by atoms with van der Waals surface area (Å²) >= 11 is 0. The molecule has 3 saturated heterocycles. The van der Waals surface area contributed by atoms with Crippen LogP contribution in [0.2, 0.25) is 0 Å². The van der Waals surface area contributed by atoms with E-state index in [0.717, 1.165) is 30.4 Å². The van der Waals surface area contributed by atoms with Crippen molar-refractivity contribution in [2.45, 2.75) is 49.0 Å². The lowest BCUT2D eigenvalue weighted by Crippen LogP contribution is -2.55. The van der Waals surface area contributed by atoms with Gasteiger partial charge in [-0.2, -0.15) is 0 Å². The number of aliphatic hydroxyl groups excluding tert-OH is 1. The van der Waals surface area contributed by atoms with Crippen LogP contribution in [0.3, 0.4) is 0 Å². The van der Waals surface area contributed by atoms with Crippen LogP contribution in [0.1, 0.15) is 71.0 Å². The van der Waals surface area contributed by atoms with E-state index in [1.807, 2.05) is 108 Å². The van der Waals surface area contributed by atoms with Crippen LogP contribution in [0.25, 0.3) is 0 Å². The van der Waals surface area contributed by atoms with Crippen LogP contribution >= 0.6 is 0 Å². The fourth-order valence-corrected chi connectivity index (χ4v) is 11.6. The second kappa shape index (κ2) is 23.4. The number of ether oxygens (including phenoxy) is 5. The summed E-state index contributed by atoms with van der Waals surface area (Å²) in [7, 11) is 2.30. The highest BCUT2D eigenvalue weighted by atomic mass is 16.6. The van der Waals surface area contributed by atoms with Crippen LogP contribution in [-0.4, -0.2) is 106 Å². The van der Waals surface area contributed by atoms with E-state index in [-0.39, 0.29) is 42.2 Å². The van der Waals surface area contributed by atoms with Crippen molar-refractivity contribution in [2.24, 2.45) is 11.8 Å². The molecule has 4 amide bonds. The number of aliphatic hydroxyl groups is 1. The van der Waals surface area contributed by atoms with Crippen molar-refractivity contribution < 1.29 is 57.6 Å². The van der Waals surface area contributed by atoms with Gasteiger partial charge in [0.05, 0.1) is 63.8 Å². The van der Waals surface area contributed by atoms with E-state index in [1.165, 1.54) is 0 Å². The number of imide groups is 1. The minimum Gasteiger partial charge on any atom is -0.491 e. The van der Waals surface area contributed by atoms with Gasteiger partial charge in [0, 0.05) is 42.0 Å². The Hall–Kier alpha value is -8.82. The highest BCUT2D eigenvalue weighted by molar-refractivity contribution is 6.25. The summed E-state index contributed by atoms with van der Waals surface area (Å²) < 4.78 is 28.4. The van der Waals surface area contributed by atoms with Crippen LogP contribution in [0, 0.1) is 23.7 Å². The van der Waals surface area contributed by atoms with Crippen molar-refractivity contribution in [3.8, 4) is 17.6 Å². The van der Waals surface area contributed by atoms with Gasteiger partial charge in [0.15, 0.2) is 5.92 Å². The van der Waals surface area contributed by atoms with Crippen molar-refractivity contribution >= 4 is 52.8 Å². The number of nitrogens with one attached hydrogen (secondary N) is 2. The highest BCUT2D eigenvalue weighted by Gasteiger charge is 2.76. The number of hydrogen-bond acceptors (Lipinski definition) is 14. The monoisotopic (exact) mass is 1070 g/mol. The first-order valence-electron chi connectivity index (χ1n) is 26.1. The molecule has 0 aromatic heterocycles. The average molecular weight is 1070 g/mol. The maximum absolute atomic E-state index is 17.0. The second-order valence-electron chi connectivity index (χ2n) is 19.6. The van der Waals surface area contributed by atoms with E-state index in [9.17, 15) is 14.7 Å². The van der Waals surface area contributed by atoms with Crippen LogP contribution in [0.15, 0.2) is 158 Å². The summed E-state index contributed by atoms with van der Waals surface area (Å²) in [5.41, 5.74) is 2.03. The number of amides is 4. The number of hydrogen-bond donors (Lipinski definition) is 3. The molecule has 404 valence electrons. The summed E-state index contributed by atoms with van der Waals surface area (Å²) in [5.74, 6) is -0.910. The molecule has 79 heavy (non-hydrogen) atoms. The molecule has 6 aromatic carbocycles. The molecular formula is C62H59N5O12. The van der Waals surface area contributed by atoms with Crippen LogP contribution in [-0.2, 0) is 48.3 Å². The third-order valence-corrected chi connectivity index (χ3v) is 15.2. The molecule has 6 aromatic rings. The summed E-state index contributed by atoms with van der Waals surface area (Å²) in [4.78, 5) is 95.0. The summed E-state index contributed by atoms with van der Waals surface area (Å²) in [6, 6.07) is 41.6. The van der Waals surface area contributed by atoms with Crippen LogP contribution in [0.4, 0.5) is 21.9 Å². The van der Waals surface area contributed by atoms with Gasteiger partial charge in [-0.3, -0.25) is 28.9 Å². The Morgan fingerprint density at radius 3 is 2.06 bits per heavy atom. The Kier molecular flexibility index (Phi) is 15.9. The Balaban J connectivity index is 1.24. The molecule has 3 fully saturated rings. The SMILES string of the molecule is COC(=O)C(CC#Cc1ccc2c(c1)[C@]1(C(=O)N2C(=O)N[C@H](C)c2ccccc2)[C@H](C(=O)Nc2ccc(N3CCOCC3)cc2)[C@H]2C(=O)O[C@H](c3ccccc3)[C@H](c3ccccc3)N2[C@@H]1c1ccccc1OCCO)C(=O)OC. The molecule has 0 unspecified atom stereocenters. The number of nitrogens with zero attached hydrogens (tertiary/aromatic N) is 3. The number of methoxy groups -OCH3 is 2. The number of benzene rings is 6. The molecule has 0 saturated carbocycles. The topological polar surface area (TPSA) is 203 Å². The van der Waals surface area contributed by atoms with Crippen molar-refractivity contribution in [3.05, 3.63) is 191 Å². The quantitative estimate of drug-likeness (QED) is 0.0422. The number of para-hydroxylation sites is 1. The molecule has 4 heterocycles. The molecule has 7 atom stereocenters. The van der Waals surface area contributed by atoms with E-state index in [1.54, 1.807) is 61.5 Å². The molecule has 0 aliphatic carbocycles. The molecule has 4 aliphatic heterocycles. The fraction of sp³-hybridized carbons (Fsp3) is 0.290. The standard InChI is InChI=1S/C62H59N5O12/c1-39(41-17-7-4-8-18-41)63-61(74)66-49-31-26-40(16-15-24-47(57(70)75-2)58(71)76-3)38-48(49)62(60(66)73)51(56(69)64-44-27-29-45(30-28-44)65-32-35-77-36-33-65)53-59(72)79-54(43-21-11-6-12-22-43)52(42-19-9-5-10-20-42)67(53)55(62)46-23-13-14-25-50(46)78-37-34-68/h4-14,17-23,25-31,38-39,47,51-55,68H,24,32-37H2,1-3H3,(H,63,74)(H,64,69)/t39-,51+,52+,53+,54-,55-,62+/m1/s1. The summed E-state index contributed by atoms with van der Waals surface area (Å²) in [6.07, 6.45) is -1.31. The fourth-order valence-electron chi connectivity index (χ4n) is 11.6. The van der Waals surface area contributed by atoms with Gasteiger partial charge in [0.25, 0.3) is 0 Å². The molecule has 0 bridgehead atoms. The zero-order valence-corrected chi connectivity index (χ0v) is 43.8. The van der Waals surface area contributed by atoms with Gasteiger partial charge >= 0.3 is 23.9 Å². The third kappa shape index (κ3) is 10.2. The van der Waals surface area contributed by atoms with Gasteiger partial charge in [-0.05, 0) is 77.7 Å². The van der Waals surface area contributed by atoms with Gasteiger partial charge in [-0.15, -0.1) is 0 Å². The van der Waals surface area contributed by atoms with E-state index < -0.39 is 83.3 Å². The predicted molar refractivity (Wildman–Crippen MR) is 291 cm³/mol. The Labute approximate surface area is 457 Å². The lowest BCUT2D eigenvalue weighted by molar-refractivity contribution is -0.178. The number of fused-ring (bicyclic) bond motifs is 3. The lowest BCUT2D eigenvalue weighted by atomic mass is 9.65. The molecule has 1 spiro atoms. The van der Waals surface area contributed by atoms with E-state index in [4.69, 9.17) is 23.7 Å². The number of morpholine rings is 2. The largest absolute Gasteiger partial charge is 0.491 e. The number of rotatable bonds is 14. The maximum atomic E-state index is 17.0. The number of urea groups is 1. The van der Waals surface area contributed by atoms with Gasteiger partial charge in [-0.25, -0.2) is 9.69 Å². The first-order valence-corrected chi connectivity index (χ1v) is 26.1. The second-order valence-corrected chi connectivity index (χ2v) is 19.6. The Bertz CT molecular complexity index is 3280. The molecule has 4 aliphatic rings. The average Bonchev–Trinajstić information content (AvgIpc) is 2.56. The van der Waals surface area contributed by atoms with E-state index in [2.05, 4.69) is 27.4 Å². The summed E-state index contributed by atoms with van der Waals surface area (Å²) in [6.45, 7) is 3.73. The van der Waals surface area contributed by atoms with Gasteiger partial charge in [-0.1, -0.05) is 121 Å². The Morgan fingerprint density at radius 2 is 1.41 bits per heavy atom. The van der Waals surface area contributed by atoms with Crippen molar-refractivity contribution in [3.63, 3.8) is 0 Å². The molecular weight excluding hydrogens is 1010 g/mol. The number of esters is 3. The highest BCUT2D eigenvalue weighted by Crippen LogP contribution is 2.67. The first kappa shape index (κ1) is 53.6. The van der Waals surface area contributed by atoms with Crippen molar-refractivity contribution in [1.29, 1.82) is 0 Å². The number of carbonyl (C=O) groups excluding carboxylic acids is 6. The maximum Gasteiger partial charge on any atom is 0.329 e. The van der Waals surface area contributed by atoms with E-state index in [0.29, 0.717) is 48.7 Å². The van der Waals surface area contributed by atoms with E-state index >= 15 is 19.2 Å². The van der Waals surface area contributed by atoms with Crippen LogP contribution in [0.5, 0.6) is 5.75 Å². The smallest absolute Gasteiger partial charge is 0.329 e.